The third kappa shape index (κ3) is 5.16. The summed E-state index contributed by atoms with van der Waals surface area (Å²) in [6.45, 7) is 1.87. The highest BCUT2D eigenvalue weighted by molar-refractivity contribution is 7.92. The van der Waals surface area contributed by atoms with E-state index in [0.717, 1.165) is 10.9 Å². The van der Waals surface area contributed by atoms with Crippen molar-refractivity contribution in [3.8, 4) is 0 Å². The van der Waals surface area contributed by atoms with Crippen LogP contribution in [-0.2, 0) is 10.0 Å². The van der Waals surface area contributed by atoms with Crippen molar-refractivity contribution in [2.24, 2.45) is 5.10 Å². The summed E-state index contributed by atoms with van der Waals surface area (Å²) in [7, 11) is -3.73. The van der Waals surface area contributed by atoms with Crippen LogP contribution >= 0.6 is 0 Å². The van der Waals surface area contributed by atoms with Gasteiger partial charge in [0.2, 0.25) is 0 Å². The van der Waals surface area contributed by atoms with E-state index in [4.69, 9.17) is 0 Å². The number of H-pyrrole nitrogens is 1. The summed E-state index contributed by atoms with van der Waals surface area (Å²) in [5.41, 5.74) is 4.60. The van der Waals surface area contributed by atoms with Crippen LogP contribution < -0.4 is 15.7 Å². The van der Waals surface area contributed by atoms with Crippen LogP contribution in [0.15, 0.2) is 93.7 Å². The summed E-state index contributed by atoms with van der Waals surface area (Å²) in [4.78, 5) is 27.4. The summed E-state index contributed by atoms with van der Waals surface area (Å²) in [6, 6.07) is 21.4. The van der Waals surface area contributed by atoms with Crippen LogP contribution in [0.5, 0.6) is 0 Å². The number of pyridine rings is 1. The normalized spacial score (nSPS) is 11.5. The van der Waals surface area contributed by atoms with E-state index in [9.17, 15) is 18.0 Å². The highest BCUT2D eigenvalue weighted by Crippen LogP contribution is 2.17. The van der Waals surface area contributed by atoms with Gasteiger partial charge in [0.15, 0.2) is 0 Å². The predicted octanol–water partition coefficient (Wildman–Crippen LogP) is 3.40. The number of benzene rings is 3. The Labute approximate surface area is 190 Å². The molecule has 0 radical (unpaired) electrons. The number of aryl methyl sites for hydroxylation is 1. The average molecular weight is 461 g/mol. The lowest BCUT2D eigenvalue weighted by Gasteiger charge is -2.09. The molecule has 0 saturated heterocycles. The molecule has 0 aliphatic rings. The number of rotatable bonds is 6. The lowest BCUT2D eigenvalue weighted by atomic mass is 10.2. The summed E-state index contributed by atoms with van der Waals surface area (Å²) in [6.07, 6.45) is 1.27. The van der Waals surface area contributed by atoms with Gasteiger partial charge in [-0.3, -0.25) is 14.3 Å². The van der Waals surface area contributed by atoms with Crippen molar-refractivity contribution in [2.45, 2.75) is 11.8 Å². The highest BCUT2D eigenvalue weighted by Gasteiger charge is 2.14. The Kier molecular flexibility index (Phi) is 6.05. The van der Waals surface area contributed by atoms with E-state index in [0.29, 0.717) is 16.8 Å². The van der Waals surface area contributed by atoms with Crippen LogP contribution in [0.1, 0.15) is 21.5 Å². The number of fused-ring (bicyclic) bond motifs is 1. The Morgan fingerprint density at radius 2 is 1.67 bits per heavy atom. The Morgan fingerprint density at radius 3 is 2.39 bits per heavy atom. The molecule has 4 aromatic rings. The van der Waals surface area contributed by atoms with Gasteiger partial charge in [-0.1, -0.05) is 35.9 Å². The molecule has 0 unspecified atom stereocenters. The second-order valence-corrected chi connectivity index (χ2v) is 9.02. The lowest BCUT2D eigenvalue weighted by Crippen LogP contribution is -2.19. The largest absolute Gasteiger partial charge is 0.321 e. The standard InChI is InChI=1S/C24H20N4O4S/c1-16-6-12-21(13-7-16)33(31,32)28-20-10-8-17(9-11-20)24(30)27-25-15-19-14-18-4-2-3-5-22(18)26-23(19)29/h2-15,28H,1H3,(H,26,29)(H,27,30)/b25-15+. The van der Waals surface area contributed by atoms with E-state index < -0.39 is 15.9 Å². The number of aromatic amines is 1. The van der Waals surface area contributed by atoms with Crippen molar-refractivity contribution in [1.82, 2.24) is 10.4 Å². The first-order valence-corrected chi connectivity index (χ1v) is 11.5. The number of carbonyl (C=O) groups excluding carboxylic acids is 1. The lowest BCUT2D eigenvalue weighted by molar-refractivity contribution is 0.0955. The second kappa shape index (κ2) is 9.09. The zero-order chi connectivity index (χ0) is 23.4. The topological polar surface area (TPSA) is 120 Å². The van der Waals surface area contributed by atoms with Gasteiger partial charge in [0.25, 0.3) is 21.5 Å². The number of hydrogen-bond acceptors (Lipinski definition) is 5. The molecular formula is C24H20N4O4S. The quantitative estimate of drug-likeness (QED) is 0.302. The summed E-state index contributed by atoms with van der Waals surface area (Å²) in [5, 5.41) is 4.70. The number of sulfonamides is 1. The fraction of sp³-hybridized carbons (Fsp3) is 0.0417. The molecule has 3 N–H and O–H groups in total. The maximum absolute atomic E-state index is 12.5. The molecule has 166 valence electrons. The number of nitrogens with zero attached hydrogens (tertiary/aromatic N) is 1. The van der Waals surface area contributed by atoms with E-state index >= 15 is 0 Å². The fourth-order valence-electron chi connectivity index (χ4n) is 3.11. The zero-order valence-electron chi connectivity index (χ0n) is 17.6. The minimum atomic E-state index is -3.73. The van der Waals surface area contributed by atoms with Crippen LogP contribution in [0, 0.1) is 6.92 Å². The summed E-state index contributed by atoms with van der Waals surface area (Å²) in [5.74, 6) is -0.503. The van der Waals surface area contributed by atoms with Gasteiger partial charge in [-0.2, -0.15) is 5.10 Å². The second-order valence-electron chi connectivity index (χ2n) is 7.34. The zero-order valence-corrected chi connectivity index (χ0v) is 18.4. The van der Waals surface area contributed by atoms with Crippen molar-refractivity contribution in [3.05, 3.63) is 106 Å². The molecule has 0 spiro atoms. The van der Waals surface area contributed by atoms with E-state index in [1.54, 1.807) is 24.3 Å². The van der Waals surface area contributed by atoms with Gasteiger partial charge in [-0.05, 0) is 60.8 Å². The van der Waals surface area contributed by atoms with E-state index in [2.05, 4.69) is 20.2 Å². The third-order valence-electron chi connectivity index (χ3n) is 4.88. The van der Waals surface area contributed by atoms with Gasteiger partial charge < -0.3 is 4.98 Å². The van der Waals surface area contributed by atoms with E-state index in [1.807, 2.05) is 25.1 Å². The molecule has 8 nitrogen and oxygen atoms in total. The number of hydrazone groups is 1. The molecule has 0 fully saturated rings. The van der Waals surface area contributed by atoms with Crippen LogP contribution in [0.25, 0.3) is 10.9 Å². The van der Waals surface area contributed by atoms with Gasteiger partial charge >= 0.3 is 0 Å². The molecule has 4 rings (SSSR count). The molecule has 9 heteroatoms. The molecular weight excluding hydrogens is 440 g/mol. The molecule has 0 saturated carbocycles. The summed E-state index contributed by atoms with van der Waals surface area (Å²) < 4.78 is 27.4. The monoisotopic (exact) mass is 460 g/mol. The van der Waals surface area contributed by atoms with Gasteiger partial charge in [-0.15, -0.1) is 0 Å². The first-order chi connectivity index (χ1) is 15.8. The number of amides is 1. The van der Waals surface area contributed by atoms with Gasteiger partial charge in [0, 0.05) is 16.8 Å². The number of hydrogen-bond donors (Lipinski definition) is 3. The van der Waals surface area contributed by atoms with Crippen LogP contribution in [-0.4, -0.2) is 25.5 Å². The highest BCUT2D eigenvalue weighted by atomic mass is 32.2. The number of anilines is 1. The van der Waals surface area contributed by atoms with Crippen molar-refractivity contribution in [1.29, 1.82) is 0 Å². The van der Waals surface area contributed by atoms with Crippen molar-refractivity contribution >= 4 is 38.7 Å². The molecule has 1 aromatic heterocycles. The Bertz CT molecular complexity index is 1510. The van der Waals surface area contributed by atoms with Gasteiger partial charge in [0.1, 0.15) is 0 Å². The van der Waals surface area contributed by atoms with E-state index in [-0.39, 0.29) is 16.0 Å². The van der Waals surface area contributed by atoms with E-state index in [1.165, 1.54) is 42.6 Å². The molecule has 3 aromatic carbocycles. The molecule has 0 atom stereocenters. The molecule has 0 aliphatic heterocycles. The van der Waals surface area contributed by atoms with Crippen LogP contribution in [0.4, 0.5) is 5.69 Å². The Hall–Kier alpha value is -4.24. The Morgan fingerprint density at radius 1 is 0.970 bits per heavy atom. The minimum absolute atomic E-state index is 0.146. The first kappa shape index (κ1) is 22.0. The van der Waals surface area contributed by atoms with Crippen LogP contribution in [0.2, 0.25) is 0 Å². The van der Waals surface area contributed by atoms with Crippen molar-refractivity contribution in [3.63, 3.8) is 0 Å². The summed E-state index contributed by atoms with van der Waals surface area (Å²) >= 11 is 0. The van der Waals surface area contributed by atoms with Crippen LogP contribution in [0.3, 0.4) is 0 Å². The average Bonchev–Trinajstić information content (AvgIpc) is 2.80. The Balaban J connectivity index is 1.42. The molecule has 1 heterocycles. The third-order valence-corrected chi connectivity index (χ3v) is 6.28. The molecule has 0 bridgehead atoms. The molecule has 33 heavy (non-hydrogen) atoms. The maximum Gasteiger partial charge on any atom is 0.271 e. The fourth-order valence-corrected chi connectivity index (χ4v) is 4.16. The smallest absolute Gasteiger partial charge is 0.271 e. The number of aromatic nitrogens is 1. The number of carbonyl (C=O) groups is 1. The maximum atomic E-state index is 12.5. The van der Waals surface area contributed by atoms with Gasteiger partial charge in [0.05, 0.1) is 16.7 Å². The first-order valence-electron chi connectivity index (χ1n) is 9.97. The minimum Gasteiger partial charge on any atom is -0.321 e. The predicted molar refractivity (Wildman–Crippen MR) is 128 cm³/mol. The molecule has 0 aliphatic carbocycles. The van der Waals surface area contributed by atoms with Crippen molar-refractivity contribution < 1.29 is 13.2 Å². The molecule has 1 amide bonds. The van der Waals surface area contributed by atoms with Crippen molar-refractivity contribution in [2.75, 3.05) is 4.72 Å². The number of para-hydroxylation sites is 1. The SMILES string of the molecule is Cc1ccc(S(=O)(=O)Nc2ccc(C(=O)N/N=C/c3cc4ccccc4[nH]c3=O)cc2)cc1. The van der Waals surface area contributed by atoms with Gasteiger partial charge in [-0.25, -0.2) is 13.8 Å². The number of nitrogens with one attached hydrogen (secondary N) is 3.